The van der Waals surface area contributed by atoms with Crippen molar-refractivity contribution in [3.63, 3.8) is 0 Å². The van der Waals surface area contributed by atoms with Crippen LogP contribution >= 0.6 is 12.4 Å². The molecule has 1 aliphatic rings. The first-order valence-electron chi connectivity index (χ1n) is 15.3. The first kappa shape index (κ1) is 34.0. The lowest BCUT2D eigenvalue weighted by atomic mass is 10.0. The number of nitrogens with zero attached hydrogens (tertiary/aromatic N) is 1. The van der Waals surface area contributed by atoms with Gasteiger partial charge in [-0.25, -0.2) is 0 Å². The molecule has 2 aromatic carbocycles. The standard InChI is InChI=1S/C34H51NO4.ClH/c1-4-5-6-7-8-9-10-11-12-20-34(36)39-32-26-30(35(2)27-32)23-24-38-33-19-14-13-17-29(33)22-21-28-16-15-18-31(25-28)37-3;/h13-19,25,30,32H,4-12,20-24,26-27H2,1-3H3;1H/t30-,32-;/m1./s1. The summed E-state index contributed by atoms with van der Waals surface area (Å²) in [6, 6.07) is 17.0. The van der Waals surface area contributed by atoms with E-state index in [0.29, 0.717) is 19.1 Å². The van der Waals surface area contributed by atoms with Crippen LogP contribution in [0.3, 0.4) is 0 Å². The topological polar surface area (TPSA) is 48.0 Å². The normalized spacial score (nSPS) is 16.9. The van der Waals surface area contributed by atoms with Gasteiger partial charge >= 0.3 is 5.97 Å². The van der Waals surface area contributed by atoms with Gasteiger partial charge in [0.15, 0.2) is 0 Å². The van der Waals surface area contributed by atoms with Crippen molar-refractivity contribution in [1.29, 1.82) is 0 Å². The van der Waals surface area contributed by atoms with Crippen molar-refractivity contribution in [2.75, 3.05) is 27.3 Å². The molecule has 0 unspecified atom stereocenters. The number of rotatable bonds is 19. The lowest BCUT2D eigenvalue weighted by Gasteiger charge is -2.19. The van der Waals surface area contributed by atoms with Gasteiger partial charge < -0.3 is 14.2 Å². The van der Waals surface area contributed by atoms with Crippen LogP contribution < -0.4 is 9.47 Å². The Kier molecular flexibility index (Phi) is 16.8. The first-order chi connectivity index (χ1) is 19.1. The number of carbonyl (C=O) groups excluding carboxylic acids is 1. The number of ether oxygens (including phenoxy) is 3. The highest BCUT2D eigenvalue weighted by Gasteiger charge is 2.31. The summed E-state index contributed by atoms with van der Waals surface area (Å²) in [7, 11) is 3.83. The van der Waals surface area contributed by atoms with Gasteiger partial charge in [-0.3, -0.25) is 9.69 Å². The van der Waals surface area contributed by atoms with E-state index in [4.69, 9.17) is 14.2 Å². The zero-order valence-corrected chi connectivity index (χ0v) is 25.9. The summed E-state index contributed by atoms with van der Waals surface area (Å²) in [6.45, 7) is 3.72. The summed E-state index contributed by atoms with van der Waals surface area (Å²) < 4.78 is 17.4. The number of unbranched alkanes of at least 4 members (excludes halogenated alkanes) is 8. The zero-order valence-electron chi connectivity index (χ0n) is 25.1. The number of para-hydroxylation sites is 1. The quantitative estimate of drug-likeness (QED) is 0.125. The second-order valence-electron chi connectivity index (χ2n) is 11.1. The van der Waals surface area contributed by atoms with E-state index in [1.807, 2.05) is 18.2 Å². The Balaban J connectivity index is 0.00000560. The molecule has 5 nitrogen and oxygen atoms in total. The number of likely N-dealkylation sites (N-methyl/N-ethyl adjacent to an activating group) is 1. The Morgan fingerprint density at radius 1 is 0.925 bits per heavy atom. The number of carbonyl (C=O) groups is 1. The average molecular weight is 574 g/mol. The third-order valence-electron chi connectivity index (χ3n) is 7.93. The highest BCUT2D eigenvalue weighted by Crippen LogP contribution is 2.25. The highest BCUT2D eigenvalue weighted by molar-refractivity contribution is 5.85. The molecule has 6 heteroatoms. The fourth-order valence-corrected chi connectivity index (χ4v) is 5.54. The molecule has 1 fully saturated rings. The molecular weight excluding hydrogens is 522 g/mol. The molecule has 40 heavy (non-hydrogen) atoms. The van der Waals surface area contributed by atoms with Crippen molar-refractivity contribution >= 4 is 18.4 Å². The van der Waals surface area contributed by atoms with Gasteiger partial charge in [0.05, 0.1) is 13.7 Å². The molecule has 0 amide bonds. The predicted molar refractivity (Wildman–Crippen MR) is 167 cm³/mol. The van der Waals surface area contributed by atoms with Crippen LogP contribution in [0.15, 0.2) is 48.5 Å². The Bertz CT molecular complexity index is 968. The minimum Gasteiger partial charge on any atom is -0.497 e. The molecule has 0 radical (unpaired) electrons. The molecule has 0 N–H and O–H groups in total. The van der Waals surface area contributed by atoms with Crippen LogP contribution in [0.2, 0.25) is 0 Å². The Morgan fingerprint density at radius 3 is 2.40 bits per heavy atom. The van der Waals surface area contributed by atoms with E-state index in [2.05, 4.69) is 49.2 Å². The Labute approximate surface area is 249 Å². The molecule has 0 saturated carbocycles. The van der Waals surface area contributed by atoms with Gasteiger partial charge in [0.25, 0.3) is 0 Å². The molecule has 2 aromatic rings. The number of benzene rings is 2. The molecule has 0 aromatic heterocycles. The van der Waals surface area contributed by atoms with Gasteiger partial charge in [-0.1, -0.05) is 88.6 Å². The molecule has 1 aliphatic heterocycles. The maximum atomic E-state index is 12.4. The molecule has 224 valence electrons. The summed E-state index contributed by atoms with van der Waals surface area (Å²) in [5, 5.41) is 0. The van der Waals surface area contributed by atoms with Crippen LogP contribution in [0, 0.1) is 0 Å². The Morgan fingerprint density at radius 2 is 1.65 bits per heavy atom. The van der Waals surface area contributed by atoms with Gasteiger partial charge in [-0.05, 0) is 62.1 Å². The van der Waals surface area contributed by atoms with Crippen LogP contribution in [-0.2, 0) is 22.4 Å². The lowest BCUT2D eigenvalue weighted by Crippen LogP contribution is -2.27. The fraction of sp³-hybridized carbons (Fsp3) is 0.618. The van der Waals surface area contributed by atoms with Crippen molar-refractivity contribution in [3.8, 4) is 11.5 Å². The number of methoxy groups -OCH3 is 1. The van der Waals surface area contributed by atoms with E-state index >= 15 is 0 Å². The summed E-state index contributed by atoms with van der Waals surface area (Å²) in [6.07, 6.45) is 15.5. The maximum Gasteiger partial charge on any atom is 0.306 e. The summed E-state index contributed by atoms with van der Waals surface area (Å²) in [4.78, 5) is 14.7. The van der Waals surface area contributed by atoms with Crippen LogP contribution in [-0.4, -0.2) is 50.3 Å². The smallest absolute Gasteiger partial charge is 0.306 e. The molecule has 0 bridgehead atoms. The fourth-order valence-electron chi connectivity index (χ4n) is 5.54. The van der Waals surface area contributed by atoms with Crippen LogP contribution in [0.1, 0.15) is 95.1 Å². The minimum atomic E-state index is -0.0294. The van der Waals surface area contributed by atoms with Gasteiger partial charge in [-0.2, -0.15) is 0 Å². The van der Waals surface area contributed by atoms with Crippen molar-refractivity contribution in [3.05, 3.63) is 59.7 Å². The van der Waals surface area contributed by atoms with E-state index in [1.54, 1.807) is 7.11 Å². The lowest BCUT2D eigenvalue weighted by molar-refractivity contribution is -0.148. The van der Waals surface area contributed by atoms with E-state index in [0.717, 1.165) is 56.6 Å². The summed E-state index contributed by atoms with van der Waals surface area (Å²) in [5.74, 6) is 1.83. The zero-order chi connectivity index (χ0) is 27.7. The van der Waals surface area contributed by atoms with Gasteiger partial charge in [0.2, 0.25) is 0 Å². The minimum absolute atomic E-state index is 0. The van der Waals surface area contributed by atoms with Crippen LogP contribution in [0.5, 0.6) is 11.5 Å². The molecule has 3 rings (SSSR count). The maximum absolute atomic E-state index is 12.4. The van der Waals surface area contributed by atoms with E-state index < -0.39 is 0 Å². The first-order valence-corrected chi connectivity index (χ1v) is 15.3. The monoisotopic (exact) mass is 573 g/mol. The highest BCUT2D eigenvalue weighted by atomic mass is 35.5. The molecule has 0 spiro atoms. The average Bonchev–Trinajstić information content (AvgIpc) is 3.29. The van der Waals surface area contributed by atoms with Crippen molar-refractivity contribution < 1.29 is 19.0 Å². The van der Waals surface area contributed by atoms with Gasteiger partial charge in [0, 0.05) is 25.4 Å². The third kappa shape index (κ3) is 12.5. The molecule has 1 heterocycles. The number of hydrogen-bond acceptors (Lipinski definition) is 5. The van der Waals surface area contributed by atoms with Crippen LogP contribution in [0.25, 0.3) is 0 Å². The molecular formula is C34H52ClNO4. The van der Waals surface area contributed by atoms with E-state index in [1.165, 1.54) is 56.1 Å². The number of likely N-dealkylation sites (tertiary alicyclic amines) is 1. The number of halogens is 1. The largest absolute Gasteiger partial charge is 0.497 e. The van der Waals surface area contributed by atoms with E-state index in [-0.39, 0.29) is 24.5 Å². The number of esters is 1. The summed E-state index contributed by atoms with van der Waals surface area (Å²) in [5.41, 5.74) is 2.48. The third-order valence-corrected chi connectivity index (χ3v) is 7.93. The molecule has 2 atom stereocenters. The van der Waals surface area contributed by atoms with Crippen molar-refractivity contribution in [2.45, 2.75) is 109 Å². The summed E-state index contributed by atoms with van der Waals surface area (Å²) >= 11 is 0. The number of hydrogen-bond donors (Lipinski definition) is 0. The number of aryl methyl sites for hydroxylation is 2. The second kappa shape index (κ2) is 19.8. The SMILES string of the molecule is CCCCCCCCCCCC(=O)O[C@@H]1C[C@@H](CCOc2ccccc2CCc2cccc(OC)c2)N(C)C1.Cl. The van der Waals surface area contributed by atoms with Gasteiger partial charge in [-0.15, -0.1) is 12.4 Å². The Hall–Kier alpha value is -2.24. The van der Waals surface area contributed by atoms with Crippen molar-refractivity contribution in [2.24, 2.45) is 0 Å². The molecule has 0 aliphatic carbocycles. The van der Waals surface area contributed by atoms with Gasteiger partial charge in [0.1, 0.15) is 17.6 Å². The van der Waals surface area contributed by atoms with E-state index in [9.17, 15) is 4.79 Å². The predicted octanol–water partition coefficient (Wildman–Crippen LogP) is 8.21. The molecule has 1 saturated heterocycles. The second-order valence-corrected chi connectivity index (χ2v) is 11.1. The van der Waals surface area contributed by atoms with Crippen molar-refractivity contribution in [1.82, 2.24) is 4.90 Å². The van der Waals surface area contributed by atoms with Crippen LogP contribution in [0.4, 0.5) is 0 Å².